The van der Waals surface area contributed by atoms with Gasteiger partial charge in [0.2, 0.25) is 0 Å². The van der Waals surface area contributed by atoms with Crippen molar-refractivity contribution < 1.29 is 9.53 Å². The Morgan fingerprint density at radius 1 is 1.22 bits per heavy atom. The summed E-state index contributed by atoms with van der Waals surface area (Å²) in [5.41, 5.74) is 6.86. The van der Waals surface area contributed by atoms with Crippen LogP contribution in [0.4, 0.5) is 0 Å². The number of rotatable bonds is 5. The third-order valence-electron chi connectivity index (χ3n) is 2.54. The fourth-order valence-electron chi connectivity index (χ4n) is 1.60. The van der Waals surface area contributed by atoms with Crippen molar-refractivity contribution in [1.82, 2.24) is 0 Å². The lowest BCUT2D eigenvalue weighted by Crippen LogP contribution is -2.34. The number of hydrogen-bond acceptors (Lipinski definition) is 4. The number of carbonyl (C=O) groups excluding carboxylic acids is 1. The van der Waals surface area contributed by atoms with Gasteiger partial charge in [-0.1, -0.05) is 36.4 Å². The van der Waals surface area contributed by atoms with Gasteiger partial charge < -0.3 is 10.5 Å². The Balaban J connectivity index is 1.82. The standard InChI is InChI=1S/C14H15NO2S/c15-13(9-11-5-2-1-3-6-11)14(16)17-10-12-7-4-8-18-12/h1-8,13H,9-10,15H2. The van der Waals surface area contributed by atoms with Crippen molar-refractivity contribution in [3.8, 4) is 0 Å². The Hall–Kier alpha value is -1.65. The molecular formula is C14H15NO2S. The topological polar surface area (TPSA) is 52.3 Å². The lowest BCUT2D eigenvalue weighted by molar-refractivity contribution is -0.146. The van der Waals surface area contributed by atoms with E-state index in [0.717, 1.165) is 10.4 Å². The van der Waals surface area contributed by atoms with Crippen LogP contribution in [0.1, 0.15) is 10.4 Å². The van der Waals surface area contributed by atoms with E-state index >= 15 is 0 Å². The Kier molecular flexibility index (Phi) is 4.50. The molecule has 0 aliphatic heterocycles. The molecule has 0 saturated heterocycles. The van der Waals surface area contributed by atoms with Crippen molar-refractivity contribution in [2.75, 3.05) is 0 Å². The molecule has 0 fully saturated rings. The van der Waals surface area contributed by atoms with E-state index in [1.807, 2.05) is 47.8 Å². The van der Waals surface area contributed by atoms with E-state index in [0.29, 0.717) is 13.0 Å². The first kappa shape index (κ1) is 12.8. The van der Waals surface area contributed by atoms with E-state index in [4.69, 9.17) is 10.5 Å². The highest BCUT2D eigenvalue weighted by molar-refractivity contribution is 7.09. The minimum absolute atomic E-state index is 0.305. The van der Waals surface area contributed by atoms with Crippen LogP contribution in [0.3, 0.4) is 0 Å². The molecule has 1 atom stereocenters. The minimum Gasteiger partial charge on any atom is -0.459 e. The highest BCUT2D eigenvalue weighted by Gasteiger charge is 2.15. The van der Waals surface area contributed by atoms with Crippen LogP contribution in [-0.2, 0) is 22.6 Å². The predicted octanol–water partition coefficient (Wildman–Crippen LogP) is 2.36. The molecule has 1 aromatic heterocycles. The van der Waals surface area contributed by atoms with E-state index in [1.165, 1.54) is 0 Å². The van der Waals surface area contributed by atoms with Crippen molar-refractivity contribution in [1.29, 1.82) is 0 Å². The molecule has 1 aromatic carbocycles. The van der Waals surface area contributed by atoms with E-state index in [9.17, 15) is 4.79 Å². The van der Waals surface area contributed by atoms with Gasteiger partial charge in [0, 0.05) is 4.88 Å². The molecule has 0 saturated carbocycles. The molecule has 0 aliphatic carbocycles. The van der Waals surface area contributed by atoms with Crippen LogP contribution in [0.5, 0.6) is 0 Å². The van der Waals surface area contributed by atoms with Gasteiger partial charge in [0.1, 0.15) is 12.6 Å². The normalized spacial score (nSPS) is 12.1. The molecular weight excluding hydrogens is 246 g/mol. The first-order valence-corrected chi connectivity index (χ1v) is 6.62. The summed E-state index contributed by atoms with van der Waals surface area (Å²) in [6.07, 6.45) is 0.504. The van der Waals surface area contributed by atoms with Gasteiger partial charge in [-0.2, -0.15) is 0 Å². The average Bonchev–Trinajstić information content (AvgIpc) is 2.90. The summed E-state index contributed by atoms with van der Waals surface area (Å²) in [6.45, 7) is 0.305. The molecule has 0 radical (unpaired) electrons. The highest BCUT2D eigenvalue weighted by Crippen LogP contribution is 2.10. The Morgan fingerprint density at radius 2 is 2.00 bits per heavy atom. The zero-order valence-electron chi connectivity index (χ0n) is 9.91. The molecule has 2 N–H and O–H groups in total. The first-order chi connectivity index (χ1) is 8.75. The van der Waals surface area contributed by atoms with Gasteiger partial charge in [-0.15, -0.1) is 11.3 Å². The number of carbonyl (C=O) groups is 1. The number of benzene rings is 1. The summed E-state index contributed by atoms with van der Waals surface area (Å²) in [4.78, 5) is 12.7. The second-order valence-corrected chi connectivity index (χ2v) is 5.02. The molecule has 2 aromatic rings. The molecule has 0 spiro atoms. The second kappa shape index (κ2) is 6.33. The minimum atomic E-state index is -0.604. The van der Waals surface area contributed by atoms with Crippen LogP contribution in [0.15, 0.2) is 47.8 Å². The monoisotopic (exact) mass is 261 g/mol. The summed E-state index contributed by atoms with van der Waals surface area (Å²) >= 11 is 1.56. The van der Waals surface area contributed by atoms with Gasteiger partial charge in [-0.25, -0.2) is 0 Å². The Bertz CT molecular complexity index is 482. The third kappa shape index (κ3) is 3.68. The third-order valence-corrected chi connectivity index (χ3v) is 3.39. The zero-order valence-corrected chi connectivity index (χ0v) is 10.7. The number of nitrogens with two attached hydrogens (primary N) is 1. The maximum atomic E-state index is 11.7. The molecule has 94 valence electrons. The number of esters is 1. The van der Waals surface area contributed by atoms with Gasteiger partial charge in [0.05, 0.1) is 0 Å². The molecule has 1 unspecified atom stereocenters. The van der Waals surface area contributed by atoms with E-state index < -0.39 is 6.04 Å². The van der Waals surface area contributed by atoms with E-state index in [-0.39, 0.29) is 5.97 Å². The molecule has 18 heavy (non-hydrogen) atoms. The molecule has 2 rings (SSSR count). The number of ether oxygens (including phenoxy) is 1. The van der Waals surface area contributed by atoms with E-state index in [2.05, 4.69) is 0 Å². The van der Waals surface area contributed by atoms with Gasteiger partial charge in [0.15, 0.2) is 0 Å². The number of thiophene rings is 1. The molecule has 0 amide bonds. The lowest BCUT2D eigenvalue weighted by atomic mass is 10.1. The van der Waals surface area contributed by atoms with Crippen LogP contribution in [0, 0.1) is 0 Å². The van der Waals surface area contributed by atoms with Crippen molar-refractivity contribution in [3.05, 3.63) is 58.3 Å². The maximum Gasteiger partial charge on any atom is 0.323 e. The van der Waals surface area contributed by atoms with Crippen LogP contribution in [0.2, 0.25) is 0 Å². The van der Waals surface area contributed by atoms with Crippen molar-refractivity contribution in [2.24, 2.45) is 5.73 Å². The van der Waals surface area contributed by atoms with E-state index in [1.54, 1.807) is 11.3 Å². The number of hydrogen-bond donors (Lipinski definition) is 1. The first-order valence-electron chi connectivity index (χ1n) is 5.74. The molecule has 3 nitrogen and oxygen atoms in total. The maximum absolute atomic E-state index is 11.7. The smallest absolute Gasteiger partial charge is 0.323 e. The largest absolute Gasteiger partial charge is 0.459 e. The highest BCUT2D eigenvalue weighted by atomic mass is 32.1. The molecule has 1 heterocycles. The van der Waals surface area contributed by atoms with Crippen LogP contribution < -0.4 is 5.73 Å². The van der Waals surface area contributed by atoms with Crippen LogP contribution >= 0.6 is 11.3 Å². The molecule has 0 bridgehead atoms. The summed E-state index contributed by atoms with van der Waals surface area (Å²) in [7, 11) is 0. The predicted molar refractivity (Wildman–Crippen MR) is 72.2 cm³/mol. The van der Waals surface area contributed by atoms with Crippen molar-refractivity contribution in [3.63, 3.8) is 0 Å². The van der Waals surface area contributed by atoms with Gasteiger partial charge in [-0.05, 0) is 23.4 Å². The SMILES string of the molecule is NC(Cc1ccccc1)C(=O)OCc1cccs1. The molecule has 0 aliphatic rings. The van der Waals surface area contributed by atoms with Crippen molar-refractivity contribution >= 4 is 17.3 Å². The summed E-state index contributed by atoms with van der Waals surface area (Å²) in [6, 6.07) is 13.0. The fourth-order valence-corrected chi connectivity index (χ4v) is 2.21. The lowest BCUT2D eigenvalue weighted by Gasteiger charge is -2.10. The summed E-state index contributed by atoms with van der Waals surface area (Å²) in [5, 5.41) is 1.95. The Labute approximate surface area is 110 Å². The quantitative estimate of drug-likeness (QED) is 0.841. The van der Waals surface area contributed by atoms with Gasteiger partial charge in [0.25, 0.3) is 0 Å². The van der Waals surface area contributed by atoms with Crippen LogP contribution in [-0.4, -0.2) is 12.0 Å². The summed E-state index contributed by atoms with van der Waals surface area (Å²) in [5.74, 6) is -0.354. The van der Waals surface area contributed by atoms with Gasteiger partial charge >= 0.3 is 5.97 Å². The van der Waals surface area contributed by atoms with Gasteiger partial charge in [-0.3, -0.25) is 4.79 Å². The summed E-state index contributed by atoms with van der Waals surface area (Å²) < 4.78 is 5.17. The zero-order chi connectivity index (χ0) is 12.8. The second-order valence-electron chi connectivity index (χ2n) is 3.98. The molecule has 4 heteroatoms. The average molecular weight is 261 g/mol. The van der Waals surface area contributed by atoms with Crippen molar-refractivity contribution in [2.45, 2.75) is 19.1 Å². The van der Waals surface area contributed by atoms with Crippen LogP contribution in [0.25, 0.3) is 0 Å². The fraction of sp³-hybridized carbons (Fsp3) is 0.214. The Morgan fingerprint density at radius 3 is 2.67 bits per heavy atom.